The Morgan fingerprint density at radius 1 is 1.53 bits per heavy atom. The van der Waals surface area contributed by atoms with Gasteiger partial charge in [-0.3, -0.25) is 9.78 Å². The average molecular weight is 261 g/mol. The van der Waals surface area contributed by atoms with E-state index in [2.05, 4.69) is 29.5 Å². The first-order chi connectivity index (χ1) is 8.99. The maximum atomic E-state index is 12.3. The summed E-state index contributed by atoms with van der Waals surface area (Å²) in [4.78, 5) is 16.7. The molecule has 0 spiro atoms. The number of amides is 1. The van der Waals surface area contributed by atoms with Crippen LogP contribution in [0.3, 0.4) is 0 Å². The van der Waals surface area contributed by atoms with Gasteiger partial charge in [0.1, 0.15) is 0 Å². The molecule has 1 atom stereocenters. The van der Waals surface area contributed by atoms with Crippen molar-refractivity contribution in [1.29, 1.82) is 0 Å². The zero-order valence-corrected chi connectivity index (χ0v) is 12.0. The number of rotatable bonds is 3. The third-order valence-electron chi connectivity index (χ3n) is 3.78. The summed E-state index contributed by atoms with van der Waals surface area (Å²) in [5.74, 6) is 0.0769. The molecular formula is C15H23N3O. The number of hydrogen-bond donors (Lipinski definition) is 2. The van der Waals surface area contributed by atoms with Crippen LogP contribution in [0.15, 0.2) is 18.2 Å². The first-order valence-corrected chi connectivity index (χ1v) is 6.93. The molecule has 2 heterocycles. The standard InChI is InChI=1S/C15H23N3O/c1-11-6-4-7-12(18-11)10-17-14(19)13-15(2,3)8-5-9-16-13/h4,6-7,13,16H,5,8-10H2,1-3H3,(H,17,19). The van der Waals surface area contributed by atoms with Gasteiger partial charge >= 0.3 is 0 Å². The number of carbonyl (C=O) groups excluding carboxylic acids is 1. The Hall–Kier alpha value is -1.42. The average Bonchev–Trinajstić information content (AvgIpc) is 2.35. The van der Waals surface area contributed by atoms with Gasteiger partial charge in [-0.25, -0.2) is 0 Å². The molecule has 1 saturated heterocycles. The second-order valence-electron chi connectivity index (χ2n) is 5.97. The van der Waals surface area contributed by atoms with Crippen LogP contribution in [0.25, 0.3) is 0 Å². The smallest absolute Gasteiger partial charge is 0.238 e. The van der Waals surface area contributed by atoms with Crippen molar-refractivity contribution in [2.75, 3.05) is 6.54 Å². The van der Waals surface area contributed by atoms with Crippen LogP contribution < -0.4 is 10.6 Å². The summed E-state index contributed by atoms with van der Waals surface area (Å²) in [5.41, 5.74) is 1.90. The van der Waals surface area contributed by atoms with E-state index in [0.717, 1.165) is 30.8 Å². The molecule has 0 aliphatic carbocycles. The van der Waals surface area contributed by atoms with Gasteiger partial charge in [-0.2, -0.15) is 0 Å². The van der Waals surface area contributed by atoms with Gasteiger partial charge in [-0.1, -0.05) is 19.9 Å². The number of nitrogens with zero attached hydrogens (tertiary/aromatic N) is 1. The molecule has 0 aromatic carbocycles. The summed E-state index contributed by atoms with van der Waals surface area (Å²) in [6.07, 6.45) is 2.22. The van der Waals surface area contributed by atoms with Crippen molar-refractivity contribution in [1.82, 2.24) is 15.6 Å². The van der Waals surface area contributed by atoms with Gasteiger partial charge in [0.05, 0.1) is 18.3 Å². The molecule has 1 aliphatic heterocycles. The predicted octanol–water partition coefficient (Wildman–Crippen LogP) is 1.78. The molecule has 0 radical (unpaired) electrons. The van der Waals surface area contributed by atoms with Gasteiger partial charge in [0.25, 0.3) is 0 Å². The van der Waals surface area contributed by atoms with Crippen molar-refractivity contribution < 1.29 is 4.79 Å². The number of aryl methyl sites for hydroxylation is 1. The quantitative estimate of drug-likeness (QED) is 0.872. The fourth-order valence-corrected chi connectivity index (χ4v) is 2.64. The van der Waals surface area contributed by atoms with E-state index in [1.807, 2.05) is 25.1 Å². The fraction of sp³-hybridized carbons (Fsp3) is 0.600. The molecule has 1 aliphatic rings. The third-order valence-corrected chi connectivity index (χ3v) is 3.78. The molecule has 1 fully saturated rings. The van der Waals surface area contributed by atoms with Crippen molar-refractivity contribution in [3.05, 3.63) is 29.6 Å². The lowest BCUT2D eigenvalue weighted by molar-refractivity contribution is -0.127. The normalized spacial score (nSPS) is 21.9. The van der Waals surface area contributed by atoms with E-state index in [0.29, 0.717) is 6.54 Å². The lowest BCUT2D eigenvalue weighted by atomic mass is 9.77. The Bertz CT molecular complexity index is 456. The number of carbonyl (C=O) groups is 1. The van der Waals surface area contributed by atoms with Crippen molar-refractivity contribution in [3.63, 3.8) is 0 Å². The Morgan fingerprint density at radius 2 is 2.32 bits per heavy atom. The lowest BCUT2D eigenvalue weighted by Gasteiger charge is -2.38. The van der Waals surface area contributed by atoms with Crippen LogP contribution in [-0.4, -0.2) is 23.5 Å². The van der Waals surface area contributed by atoms with Gasteiger partial charge in [0, 0.05) is 5.69 Å². The number of piperidine rings is 1. The minimum atomic E-state index is -0.106. The van der Waals surface area contributed by atoms with Crippen LogP contribution in [0.1, 0.15) is 38.1 Å². The fourth-order valence-electron chi connectivity index (χ4n) is 2.64. The van der Waals surface area contributed by atoms with Crippen LogP contribution >= 0.6 is 0 Å². The van der Waals surface area contributed by atoms with Crippen molar-refractivity contribution in [2.45, 2.75) is 46.2 Å². The molecule has 4 heteroatoms. The molecule has 0 saturated carbocycles. The van der Waals surface area contributed by atoms with E-state index in [1.165, 1.54) is 0 Å². The number of nitrogens with one attached hydrogen (secondary N) is 2. The first-order valence-electron chi connectivity index (χ1n) is 6.93. The van der Waals surface area contributed by atoms with Crippen LogP contribution in [-0.2, 0) is 11.3 Å². The maximum Gasteiger partial charge on any atom is 0.238 e. The highest BCUT2D eigenvalue weighted by Crippen LogP contribution is 2.30. The zero-order valence-electron chi connectivity index (χ0n) is 12.0. The second-order valence-corrected chi connectivity index (χ2v) is 5.97. The summed E-state index contributed by atoms with van der Waals surface area (Å²) in [6, 6.07) is 5.75. The van der Waals surface area contributed by atoms with Gasteiger partial charge in [0.15, 0.2) is 0 Å². The number of aromatic nitrogens is 1. The second kappa shape index (κ2) is 5.70. The third kappa shape index (κ3) is 3.53. The van der Waals surface area contributed by atoms with Gasteiger partial charge < -0.3 is 10.6 Å². The van der Waals surface area contributed by atoms with Gasteiger partial charge in [-0.05, 0) is 43.9 Å². The van der Waals surface area contributed by atoms with E-state index in [-0.39, 0.29) is 17.4 Å². The topological polar surface area (TPSA) is 54.0 Å². The molecule has 2 rings (SSSR count). The van der Waals surface area contributed by atoms with E-state index < -0.39 is 0 Å². The van der Waals surface area contributed by atoms with E-state index in [1.54, 1.807) is 0 Å². The van der Waals surface area contributed by atoms with E-state index in [9.17, 15) is 4.79 Å². The van der Waals surface area contributed by atoms with Crippen molar-refractivity contribution >= 4 is 5.91 Å². The Kier molecular flexibility index (Phi) is 4.20. The Labute approximate surface area is 115 Å². The Morgan fingerprint density at radius 3 is 3.00 bits per heavy atom. The minimum absolute atomic E-state index is 0.0162. The molecule has 0 bridgehead atoms. The molecule has 1 unspecified atom stereocenters. The van der Waals surface area contributed by atoms with Crippen molar-refractivity contribution in [3.8, 4) is 0 Å². The molecule has 4 nitrogen and oxygen atoms in total. The molecule has 1 amide bonds. The molecule has 104 valence electrons. The number of pyridine rings is 1. The predicted molar refractivity (Wildman–Crippen MR) is 75.6 cm³/mol. The van der Waals surface area contributed by atoms with Gasteiger partial charge in [0.2, 0.25) is 5.91 Å². The van der Waals surface area contributed by atoms with E-state index in [4.69, 9.17) is 0 Å². The molecule has 2 N–H and O–H groups in total. The SMILES string of the molecule is Cc1cccc(CNC(=O)C2NCCCC2(C)C)n1. The Balaban J connectivity index is 1.94. The monoisotopic (exact) mass is 261 g/mol. The minimum Gasteiger partial charge on any atom is -0.349 e. The lowest BCUT2D eigenvalue weighted by Crippen LogP contribution is -2.55. The van der Waals surface area contributed by atoms with Gasteiger partial charge in [-0.15, -0.1) is 0 Å². The van der Waals surface area contributed by atoms with Crippen molar-refractivity contribution in [2.24, 2.45) is 5.41 Å². The summed E-state index contributed by atoms with van der Waals surface area (Å²) in [5, 5.41) is 6.31. The largest absolute Gasteiger partial charge is 0.349 e. The summed E-state index contributed by atoms with van der Waals surface area (Å²) in [7, 11) is 0. The molecule has 19 heavy (non-hydrogen) atoms. The van der Waals surface area contributed by atoms with E-state index >= 15 is 0 Å². The highest BCUT2D eigenvalue weighted by Gasteiger charge is 2.36. The summed E-state index contributed by atoms with van der Waals surface area (Å²) >= 11 is 0. The first kappa shape index (κ1) is 14.0. The molecular weight excluding hydrogens is 238 g/mol. The maximum absolute atomic E-state index is 12.3. The van der Waals surface area contributed by atoms with Crippen LogP contribution in [0.2, 0.25) is 0 Å². The highest BCUT2D eigenvalue weighted by atomic mass is 16.2. The highest BCUT2D eigenvalue weighted by molar-refractivity contribution is 5.82. The number of hydrogen-bond acceptors (Lipinski definition) is 3. The molecule has 1 aromatic heterocycles. The zero-order chi connectivity index (χ0) is 13.9. The van der Waals surface area contributed by atoms with Crippen LogP contribution in [0.5, 0.6) is 0 Å². The van der Waals surface area contributed by atoms with Crippen LogP contribution in [0, 0.1) is 12.3 Å². The van der Waals surface area contributed by atoms with Crippen LogP contribution in [0.4, 0.5) is 0 Å². The summed E-state index contributed by atoms with van der Waals surface area (Å²) in [6.45, 7) is 7.67. The summed E-state index contributed by atoms with van der Waals surface area (Å²) < 4.78 is 0. The molecule has 1 aromatic rings.